The number of rotatable bonds is 3. The molecule has 15 heavy (non-hydrogen) atoms. The van der Waals surface area contributed by atoms with E-state index in [0.29, 0.717) is 10.7 Å². The molecular weight excluding hydrogens is 270 g/mol. The fourth-order valence-electron chi connectivity index (χ4n) is 1.19. The molecule has 0 fully saturated rings. The van der Waals surface area contributed by atoms with Crippen molar-refractivity contribution in [3.05, 3.63) is 16.1 Å². The van der Waals surface area contributed by atoms with E-state index in [1.807, 2.05) is 0 Å². The third-order valence-electron chi connectivity index (χ3n) is 2.60. The molecule has 86 valence electrons. The number of hydrogen-bond donors (Lipinski definition) is 0. The van der Waals surface area contributed by atoms with E-state index in [-0.39, 0.29) is 5.41 Å². The highest BCUT2D eigenvalue weighted by molar-refractivity contribution is 9.09. The maximum Gasteiger partial charge on any atom is 0.0931 e. The molecule has 0 bridgehead atoms. The summed E-state index contributed by atoms with van der Waals surface area (Å²) in [5.74, 6) is 0.643. The third kappa shape index (κ3) is 3.87. The van der Waals surface area contributed by atoms with E-state index in [2.05, 4.69) is 55.9 Å². The van der Waals surface area contributed by atoms with Crippen LogP contribution in [0.5, 0.6) is 0 Å². The molecule has 1 aromatic heterocycles. The normalized spacial score (nSPS) is 16.4. The number of halogens is 1. The molecule has 1 aromatic rings. The Labute approximate surface area is 105 Å². The van der Waals surface area contributed by atoms with Gasteiger partial charge in [-0.2, -0.15) is 0 Å². The van der Waals surface area contributed by atoms with Gasteiger partial charge in [0.1, 0.15) is 0 Å². The van der Waals surface area contributed by atoms with Crippen LogP contribution in [-0.4, -0.2) is 9.81 Å². The zero-order chi connectivity index (χ0) is 11.6. The van der Waals surface area contributed by atoms with Crippen LogP contribution in [-0.2, 0) is 11.8 Å². The minimum absolute atomic E-state index is 0.179. The van der Waals surface area contributed by atoms with Crippen LogP contribution in [0.4, 0.5) is 0 Å². The van der Waals surface area contributed by atoms with E-state index < -0.39 is 0 Å². The van der Waals surface area contributed by atoms with Gasteiger partial charge >= 0.3 is 0 Å². The Hall–Kier alpha value is 0.110. The molecule has 1 rings (SSSR count). The lowest BCUT2D eigenvalue weighted by molar-refractivity contribution is 0.555. The van der Waals surface area contributed by atoms with Crippen molar-refractivity contribution in [3.63, 3.8) is 0 Å². The standard InChI is InChI=1S/C12H20BrNS/c1-8(9(2)13)6-11-14-10(7-15-11)12(3,4)5/h7-9H,6H2,1-5H3. The molecule has 0 radical (unpaired) electrons. The molecule has 0 saturated carbocycles. The van der Waals surface area contributed by atoms with Gasteiger partial charge in [-0.1, -0.05) is 50.5 Å². The summed E-state index contributed by atoms with van der Waals surface area (Å²) < 4.78 is 0. The summed E-state index contributed by atoms with van der Waals surface area (Å²) in [6, 6.07) is 0. The molecule has 0 aliphatic heterocycles. The molecule has 3 heteroatoms. The summed E-state index contributed by atoms with van der Waals surface area (Å²) >= 11 is 5.41. The van der Waals surface area contributed by atoms with Crippen LogP contribution >= 0.6 is 27.3 Å². The van der Waals surface area contributed by atoms with Crippen molar-refractivity contribution >= 4 is 27.3 Å². The molecule has 0 aromatic carbocycles. The van der Waals surface area contributed by atoms with Gasteiger partial charge in [0.2, 0.25) is 0 Å². The third-order valence-corrected chi connectivity index (χ3v) is 4.37. The highest BCUT2D eigenvalue weighted by atomic mass is 79.9. The highest BCUT2D eigenvalue weighted by Crippen LogP contribution is 2.26. The van der Waals surface area contributed by atoms with Crippen LogP contribution in [0.2, 0.25) is 0 Å². The zero-order valence-corrected chi connectivity index (χ0v) is 12.6. The van der Waals surface area contributed by atoms with E-state index >= 15 is 0 Å². The lowest BCUT2D eigenvalue weighted by atomic mass is 9.93. The number of alkyl halides is 1. The quantitative estimate of drug-likeness (QED) is 0.752. The minimum atomic E-state index is 0.179. The summed E-state index contributed by atoms with van der Waals surface area (Å²) in [7, 11) is 0. The number of nitrogens with zero attached hydrogens (tertiary/aromatic N) is 1. The van der Waals surface area contributed by atoms with E-state index in [1.54, 1.807) is 11.3 Å². The lowest BCUT2D eigenvalue weighted by Crippen LogP contribution is -2.13. The first-order valence-corrected chi connectivity index (χ1v) is 7.19. The fraction of sp³-hybridized carbons (Fsp3) is 0.750. The predicted molar refractivity (Wildman–Crippen MR) is 72.1 cm³/mol. The van der Waals surface area contributed by atoms with E-state index in [1.165, 1.54) is 10.7 Å². The Kier molecular flexibility index (Phi) is 4.36. The topological polar surface area (TPSA) is 12.9 Å². The summed E-state index contributed by atoms with van der Waals surface area (Å²) in [5, 5.41) is 3.46. The van der Waals surface area contributed by atoms with Crippen molar-refractivity contribution in [3.8, 4) is 0 Å². The van der Waals surface area contributed by atoms with Gasteiger partial charge in [-0.05, 0) is 5.92 Å². The average molecular weight is 290 g/mol. The van der Waals surface area contributed by atoms with Gasteiger partial charge in [0.25, 0.3) is 0 Å². The van der Waals surface area contributed by atoms with Gasteiger partial charge in [0.15, 0.2) is 0 Å². The zero-order valence-electron chi connectivity index (χ0n) is 10.2. The van der Waals surface area contributed by atoms with Crippen LogP contribution in [0.1, 0.15) is 45.3 Å². The van der Waals surface area contributed by atoms with Gasteiger partial charge in [-0.3, -0.25) is 0 Å². The molecular formula is C12H20BrNS. The van der Waals surface area contributed by atoms with Crippen molar-refractivity contribution in [2.24, 2.45) is 5.92 Å². The van der Waals surface area contributed by atoms with Gasteiger partial charge in [-0.25, -0.2) is 4.98 Å². The molecule has 2 unspecified atom stereocenters. The van der Waals surface area contributed by atoms with Crippen molar-refractivity contribution in [2.45, 2.75) is 51.3 Å². The molecule has 1 nitrogen and oxygen atoms in total. The molecule has 0 saturated heterocycles. The first-order valence-electron chi connectivity index (χ1n) is 5.39. The number of hydrogen-bond acceptors (Lipinski definition) is 2. The molecule has 0 spiro atoms. The van der Waals surface area contributed by atoms with Crippen molar-refractivity contribution in [1.29, 1.82) is 0 Å². The molecule has 1 heterocycles. The SMILES string of the molecule is CC(Br)C(C)Cc1nc(C(C)(C)C)cs1. The summed E-state index contributed by atoms with van der Waals surface area (Å²) in [5.41, 5.74) is 1.40. The molecule has 0 N–H and O–H groups in total. The number of thiazole rings is 1. The predicted octanol–water partition coefficient (Wildman–Crippen LogP) is 4.40. The number of aromatic nitrogens is 1. The van der Waals surface area contributed by atoms with Crippen LogP contribution in [0.3, 0.4) is 0 Å². The van der Waals surface area contributed by atoms with Gasteiger partial charge in [0.05, 0.1) is 10.7 Å². The summed E-state index contributed by atoms with van der Waals surface area (Å²) in [4.78, 5) is 5.26. The Morgan fingerprint density at radius 2 is 2.00 bits per heavy atom. The van der Waals surface area contributed by atoms with Gasteiger partial charge < -0.3 is 0 Å². The Bertz CT molecular complexity index is 312. The summed E-state index contributed by atoms with van der Waals surface area (Å²) in [6.45, 7) is 11.1. The molecule has 0 aliphatic carbocycles. The van der Waals surface area contributed by atoms with Gasteiger partial charge in [0, 0.05) is 22.0 Å². The highest BCUT2D eigenvalue weighted by Gasteiger charge is 2.18. The second-order valence-corrected chi connectivity index (χ2v) is 7.62. The minimum Gasteiger partial charge on any atom is -0.246 e. The van der Waals surface area contributed by atoms with Crippen molar-refractivity contribution in [1.82, 2.24) is 4.98 Å². The second kappa shape index (κ2) is 4.96. The first-order chi connectivity index (χ1) is 6.80. The Morgan fingerprint density at radius 1 is 1.40 bits per heavy atom. The van der Waals surface area contributed by atoms with Crippen molar-refractivity contribution in [2.75, 3.05) is 0 Å². The largest absolute Gasteiger partial charge is 0.246 e. The van der Waals surface area contributed by atoms with Crippen LogP contribution < -0.4 is 0 Å². The Balaban J connectivity index is 2.69. The van der Waals surface area contributed by atoms with Crippen molar-refractivity contribution < 1.29 is 0 Å². The van der Waals surface area contributed by atoms with Crippen LogP contribution in [0.25, 0.3) is 0 Å². The monoisotopic (exact) mass is 289 g/mol. The first kappa shape index (κ1) is 13.2. The lowest BCUT2D eigenvalue weighted by Gasteiger charge is -2.15. The molecule has 0 aliphatic rings. The molecule has 0 amide bonds. The van der Waals surface area contributed by atoms with E-state index in [4.69, 9.17) is 4.98 Å². The van der Waals surface area contributed by atoms with Gasteiger partial charge in [-0.15, -0.1) is 11.3 Å². The second-order valence-electron chi connectivity index (χ2n) is 5.24. The Morgan fingerprint density at radius 3 is 2.40 bits per heavy atom. The molecule has 2 atom stereocenters. The van der Waals surface area contributed by atoms with Crippen LogP contribution in [0.15, 0.2) is 5.38 Å². The maximum absolute atomic E-state index is 4.70. The summed E-state index contributed by atoms with van der Waals surface area (Å²) in [6.07, 6.45) is 1.08. The van der Waals surface area contributed by atoms with E-state index in [9.17, 15) is 0 Å². The fourth-order valence-corrected chi connectivity index (χ4v) is 2.54. The van der Waals surface area contributed by atoms with E-state index in [0.717, 1.165) is 6.42 Å². The smallest absolute Gasteiger partial charge is 0.0931 e. The van der Waals surface area contributed by atoms with Crippen LogP contribution in [0, 0.1) is 5.92 Å². The average Bonchev–Trinajstić information content (AvgIpc) is 2.51. The maximum atomic E-state index is 4.70.